The Hall–Kier alpha value is -1.35. The second-order valence-corrected chi connectivity index (χ2v) is 5.05. The van der Waals surface area contributed by atoms with Gasteiger partial charge in [0.15, 0.2) is 0 Å². The quantitative estimate of drug-likeness (QED) is 0.582. The molecule has 0 N–H and O–H groups in total. The fraction of sp³-hybridized carbons (Fsp3) is 0.611. The SMILES string of the molecule is CC.CC.CC1(C)CC1OCCOC(=O)c1ccccc1. The van der Waals surface area contributed by atoms with Gasteiger partial charge in [0, 0.05) is 0 Å². The fourth-order valence-electron chi connectivity index (χ4n) is 1.69. The molecule has 0 aliphatic heterocycles. The molecule has 3 heteroatoms. The number of hydrogen-bond acceptors (Lipinski definition) is 3. The van der Waals surface area contributed by atoms with E-state index in [0.717, 1.165) is 6.42 Å². The summed E-state index contributed by atoms with van der Waals surface area (Å²) in [4.78, 5) is 11.6. The maximum atomic E-state index is 11.6. The molecular formula is C18H30O3. The van der Waals surface area contributed by atoms with Crippen molar-refractivity contribution in [2.75, 3.05) is 13.2 Å². The first kappa shape index (κ1) is 19.7. The van der Waals surface area contributed by atoms with Gasteiger partial charge in [-0.25, -0.2) is 4.79 Å². The Kier molecular flexibility index (Phi) is 9.72. The fourth-order valence-corrected chi connectivity index (χ4v) is 1.69. The molecule has 3 nitrogen and oxygen atoms in total. The monoisotopic (exact) mass is 294 g/mol. The van der Waals surface area contributed by atoms with Crippen molar-refractivity contribution in [2.24, 2.45) is 5.41 Å². The molecule has 1 aromatic rings. The van der Waals surface area contributed by atoms with Crippen LogP contribution in [-0.2, 0) is 9.47 Å². The molecule has 1 aliphatic rings. The molecule has 0 heterocycles. The van der Waals surface area contributed by atoms with Gasteiger partial charge in [-0.15, -0.1) is 0 Å². The second-order valence-electron chi connectivity index (χ2n) is 5.05. The number of ether oxygens (including phenoxy) is 2. The first-order chi connectivity index (χ1) is 10.1. The molecule has 0 saturated heterocycles. The molecule has 21 heavy (non-hydrogen) atoms. The average Bonchev–Trinajstić information content (AvgIpc) is 3.15. The molecule has 1 atom stereocenters. The van der Waals surface area contributed by atoms with E-state index in [1.165, 1.54) is 0 Å². The number of esters is 1. The van der Waals surface area contributed by atoms with Crippen molar-refractivity contribution in [1.82, 2.24) is 0 Å². The largest absolute Gasteiger partial charge is 0.460 e. The van der Waals surface area contributed by atoms with Crippen molar-refractivity contribution < 1.29 is 14.3 Å². The third-order valence-electron chi connectivity index (χ3n) is 3.07. The van der Waals surface area contributed by atoms with Crippen molar-refractivity contribution in [2.45, 2.75) is 54.1 Å². The van der Waals surface area contributed by atoms with Crippen molar-refractivity contribution in [1.29, 1.82) is 0 Å². The predicted molar refractivity (Wildman–Crippen MR) is 87.6 cm³/mol. The highest BCUT2D eigenvalue weighted by atomic mass is 16.6. The molecule has 1 fully saturated rings. The second kappa shape index (κ2) is 10.4. The molecule has 120 valence electrons. The van der Waals surface area contributed by atoms with E-state index in [-0.39, 0.29) is 5.97 Å². The summed E-state index contributed by atoms with van der Waals surface area (Å²) in [5.41, 5.74) is 0.892. The Labute approximate surface area is 129 Å². The summed E-state index contributed by atoms with van der Waals surface area (Å²) in [6, 6.07) is 9.00. The van der Waals surface area contributed by atoms with E-state index in [4.69, 9.17) is 9.47 Å². The highest BCUT2D eigenvalue weighted by Crippen LogP contribution is 2.47. The zero-order chi connectivity index (χ0) is 16.3. The van der Waals surface area contributed by atoms with Crippen LogP contribution in [-0.4, -0.2) is 25.3 Å². The lowest BCUT2D eigenvalue weighted by molar-refractivity contribution is 0.0237. The minimum Gasteiger partial charge on any atom is -0.460 e. The molecular weight excluding hydrogens is 264 g/mol. The smallest absolute Gasteiger partial charge is 0.338 e. The predicted octanol–water partition coefficient (Wildman–Crippen LogP) is 4.71. The molecule has 0 spiro atoms. The van der Waals surface area contributed by atoms with Crippen LogP contribution < -0.4 is 0 Å². The van der Waals surface area contributed by atoms with Crippen LogP contribution >= 0.6 is 0 Å². The van der Waals surface area contributed by atoms with Gasteiger partial charge < -0.3 is 9.47 Å². The van der Waals surface area contributed by atoms with Gasteiger partial charge in [-0.05, 0) is 24.0 Å². The van der Waals surface area contributed by atoms with Crippen LogP contribution in [0.4, 0.5) is 0 Å². The minimum atomic E-state index is -0.288. The minimum absolute atomic E-state index is 0.288. The summed E-state index contributed by atoms with van der Waals surface area (Å²) < 4.78 is 10.7. The van der Waals surface area contributed by atoms with Gasteiger partial charge in [0.05, 0.1) is 18.3 Å². The Balaban J connectivity index is 0.000000921. The highest BCUT2D eigenvalue weighted by Gasteiger charge is 2.46. The number of benzene rings is 1. The van der Waals surface area contributed by atoms with Crippen LogP contribution in [0.2, 0.25) is 0 Å². The van der Waals surface area contributed by atoms with E-state index >= 15 is 0 Å². The first-order valence-corrected chi connectivity index (χ1v) is 7.93. The summed E-state index contributed by atoms with van der Waals surface area (Å²) in [7, 11) is 0. The van der Waals surface area contributed by atoms with Crippen LogP contribution in [0.5, 0.6) is 0 Å². The Morgan fingerprint density at radius 2 is 1.62 bits per heavy atom. The summed E-state index contributed by atoms with van der Waals surface area (Å²) in [6.45, 7) is 13.1. The van der Waals surface area contributed by atoms with E-state index in [2.05, 4.69) is 13.8 Å². The zero-order valence-corrected chi connectivity index (χ0v) is 14.3. The molecule has 0 radical (unpaired) electrons. The molecule has 1 aliphatic carbocycles. The summed E-state index contributed by atoms with van der Waals surface area (Å²) >= 11 is 0. The molecule has 1 unspecified atom stereocenters. The van der Waals surface area contributed by atoms with Gasteiger partial charge in [0.25, 0.3) is 0 Å². The van der Waals surface area contributed by atoms with Crippen molar-refractivity contribution >= 4 is 5.97 Å². The number of rotatable bonds is 5. The van der Waals surface area contributed by atoms with Gasteiger partial charge >= 0.3 is 5.97 Å². The summed E-state index contributed by atoms with van der Waals surface area (Å²) in [5.74, 6) is -0.288. The maximum absolute atomic E-state index is 11.6. The molecule has 0 aromatic heterocycles. The topological polar surface area (TPSA) is 35.5 Å². The molecule has 1 aromatic carbocycles. The van der Waals surface area contributed by atoms with Crippen LogP contribution in [0.3, 0.4) is 0 Å². The van der Waals surface area contributed by atoms with Crippen molar-refractivity contribution in [3.63, 3.8) is 0 Å². The van der Waals surface area contributed by atoms with E-state index in [1.54, 1.807) is 12.1 Å². The average molecular weight is 294 g/mol. The standard InChI is InChI=1S/C14H18O3.2C2H6/c1-14(2)10-12(14)16-8-9-17-13(15)11-6-4-3-5-7-11;2*1-2/h3-7,12H,8-10H2,1-2H3;2*1-2H3. The van der Waals surface area contributed by atoms with E-state index in [1.807, 2.05) is 45.9 Å². The lowest BCUT2D eigenvalue weighted by atomic mass is 10.2. The van der Waals surface area contributed by atoms with Crippen LogP contribution in [0.1, 0.15) is 58.3 Å². The van der Waals surface area contributed by atoms with Crippen LogP contribution in [0.25, 0.3) is 0 Å². The summed E-state index contributed by atoms with van der Waals surface area (Å²) in [6.07, 6.45) is 1.43. The van der Waals surface area contributed by atoms with Crippen molar-refractivity contribution in [3.05, 3.63) is 35.9 Å². The van der Waals surface area contributed by atoms with E-state index in [9.17, 15) is 4.79 Å². The van der Waals surface area contributed by atoms with Gasteiger partial charge in [0.1, 0.15) is 6.61 Å². The Morgan fingerprint density at radius 1 is 1.10 bits per heavy atom. The van der Waals surface area contributed by atoms with E-state index in [0.29, 0.717) is 30.3 Å². The van der Waals surface area contributed by atoms with Gasteiger partial charge in [-0.3, -0.25) is 0 Å². The normalized spacial score (nSPS) is 17.5. The van der Waals surface area contributed by atoms with Crippen molar-refractivity contribution in [3.8, 4) is 0 Å². The third kappa shape index (κ3) is 7.28. The van der Waals surface area contributed by atoms with Crippen LogP contribution in [0.15, 0.2) is 30.3 Å². The Bertz CT molecular complexity index is 385. The number of carbonyl (C=O) groups is 1. The Morgan fingerprint density at radius 3 is 2.10 bits per heavy atom. The van der Waals surface area contributed by atoms with Gasteiger partial charge in [-0.2, -0.15) is 0 Å². The zero-order valence-electron chi connectivity index (χ0n) is 14.3. The lowest BCUT2D eigenvalue weighted by Crippen LogP contribution is -2.12. The van der Waals surface area contributed by atoms with Gasteiger partial charge in [-0.1, -0.05) is 59.7 Å². The van der Waals surface area contributed by atoms with Crippen LogP contribution in [0, 0.1) is 5.41 Å². The summed E-state index contributed by atoms with van der Waals surface area (Å²) in [5, 5.41) is 0. The molecule has 0 amide bonds. The third-order valence-corrected chi connectivity index (χ3v) is 3.07. The number of carbonyl (C=O) groups excluding carboxylic acids is 1. The molecule has 0 bridgehead atoms. The highest BCUT2D eigenvalue weighted by molar-refractivity contribution is 5.89. The molecule has 2 rings (SSSR count). The number of hydrogen-bond donors (Lipinski definition) is 0. The lowest BCUT2D eigenvalue weighted by Gasteiger charge is -2.07. The first-order valence-electron chi connectivity index (χ1n) is 7.93. The van der Waals surface area contributed by atoms with E-state index < -0.39 is 0 Å². The van der Waals surface area contributed by atoms with Gasteiger partial charge in [0.2, 0.25) is 0 Å². The molecule has 1 saturated carbocycles. The maximum Gasteiger partial charge on any atom is 0.338 e.